The molecule has 0 unspecified atom stereocenters. The summed E-state index contributed by atoms with van der Waals surface area (Å²) in [6.45, 7) is 3.68. The number of rotatable bonds is 4. The van der Waals surface area contributed by atoms with Crippen LogP contribution in [0.2, 0.25) is 0 Å². The Balaban J connectivity index is 2.27. The second-order valence-corrected chi connectivity index (χ2v) is 4.82. The van der Waals surface area contributed by atoms with E-state index in [-0.39, 0.29) is 0 Å². The molecule has 0 spiro atoms. The van der Waals surface area contributed by atoms with Gasteiger partial charge in [-0.25, -0.2) is 8.78 Å². The lowest BCUT2D eigenvalue weighted by Crippen LogP contribution is -2.10. The summed E-state index contributed by atoms with van der Waals surface area (Å²) < 4.78 is 26.7. The minimum absolute atomic E-state index is 0.331. The average Bonchev–Trinajstić information content (AvgIpc) is 2.78. The van der Waals surface area contributed by atoms with Gasteiger partial charge in [-0.05, 0) is 24.7 Å². The molecular weight excluding hydrogens is 240 g/mol. The van der Waals surface area contributed by atoms with Crippen molar-refractivity contribution in [3.8, 4) is 10.4 Å². The molecule has 1 nitrogen and oxygen atoms in total. The molecule has 0 saturated heterocycles. The third-order valence-electron chi connectivity index (χ3n) is 2.43. The van der Waals surface area contributed by atoms with E-state index in [0.29, 0.717) is 5.56 Å². The standard InChI is InChI=1S/C13H13F2NS/c1-2-16-8-9-6-7-12(17-9)10-4-3-5-11(14)13(10)15/h3-7,16H,2,8H2,1H3. The third kappa shape index (κ3) is 2.70. The molecule has 4 heteroatoms. The van der Waals surface area contributed by atoms with Gasteiger partial charge in [0.05, 0.1) is 0 Å². The normalized spacial score (nSPS) is 10.8. The third-order valence-corrected chi connectivity index (χ3v) is 3.55. The van der Waals surface area contributed by atoms with Crippen molar-refractivity contribution in [2.45, 2.75) is 13.5 Å². The maximum Gasteiger partial charge on any atom is 0.167 e. The molecule has 1 aromatic heterocycles. The highest BCUT2D eigenvalue weighted by atomic mass is 32.1. The van der Waals surface area contributed by atoms with Gasteiger partial charge in [0.15, 0.2) is 11.6 Å². The average molecular weight is 253 g/mol. The topological polar surface area (TPSA) is 12.0 Å². The molecule has 0 bridgehead atoms. The summed E-state index contributed by atoms with van der Waals surface area (Å²) in [4.78, 5) is 1.88. The highest BCUT2D eigenvalue weighted by Gasteiger charge is 2.11. The van der Waals surface area contributed by atoms with Gasteiger partial charge in [0.25, 0.3) is 0 Å². The van der Waals surface area contributed by atoms with Crippen LogP contribution < -0.4 is 5.32 Å². The first kappa shape index (κ1) is 12.2. The zero-order valence-electron chi connectivity index (χ0n) is 9.47. The van der Waals surface area contributed by atoms with Gasteiger partial charge >= 0.3 is 0 Å². The molecule has 1 aromatic carbocycles. The van der Waals surface area contributed by atoms with Crippen molar-refractivity contribution < 1.29 is 8.78 Å². The molecule has 2 rings (SSSR count). The minimum atomic E-state index is -0.802. The van der Waals surface area contributed by atoms with Crippen LogP contribution in [0.1, 0.15) is 11.8 Å². The number of hydrogen-bond donors (Lipinski definition) is 1. The monoisotopic (exact) mass is 253 g/mol. The summed E-state index contributed by atoms with van der Waals surface area (Å²) in [7, 11) is 0. The SMILES string of the molecule is CCNCc1ccc(-c2cccc(F)c2F)s1. The number of benzene rings is 1. The van der Waals surface area contributed by atoms with Crippen molar-refractivity contribution in [3.05, 3.63) is 46.8 Å². The lowest BCUT2D eigenvalue weighted by molar-refractivity contribution is 0.511. The summed E-state index contributed by atoms with van der Waals surface area (Å²) in [5.41, 5.74) is 0.331. The maximum atomic E-state index is 13.6. The van der Waals surface area contributed by atoms with Gasteiger partial charge < -0.3 is 5.32 Å². The van der Waals surface area contributed by atoms with E-state index in [9.17, 15) is 8.78 Å². The molecule has 90 valence electrons. The molecule has 0 aliphatic heterocycles. The lowest BCUT2D eigenvalue weighted by atomic mass is 10.2. The molecule has 17 heavy (non-hydrogen) atoms. The maximum absolute atomic E-state index is 13.6. The zero-order chi connectivity index (χ0) is 12.3. The van der Waals surface area contributed by atoms with Crippen LogP contribution in [0.15, 0.2) is 30.3 Å². The van der Waals surface area contributed by atoms with Crippen molar-refractivity contribution in [1.29, 1.82) is 0 Å². The number of thiophene rings is 1. The first-order chi connectivity index (χ1) is 8.22. The number of halogens is 2. The van der Waals surface area contributed by atoms with Crippen LogP contribution in [0.3, 0.4) is 0 Å². The van der Waals surface area contributed by atoms with Crippen molar-refractivity contribution >= 4 is 11.3 Å². The Morgan fingerprint density at radius 2 is 2.00 bits per heavy atom. The first-order valence-corrected chi connectivity index (χ1v) is 6.28. The van der Waals surface area contributed by atoms with Crippen LogP contribution in [0, 0.1) is 11.6 Å². The van der Waals surface area contributed by atoms with Crippen molar-refractivity contribution in [1.82, 2.24) is 5.32 Å². The molecule has 1 N–H and O–H groups in total. The molecule has 0 saturated carbocycles. The zero-order valence-corrected chi connectivity index (χ0v) is 10.3. The second kappa shape index (κ2) is 5.38. The molecular formula is C13H13F2NS. The van der Waals surface area contributed by atoms with E-state index in [1.165, 1.54) is 17.4 Å². The van der Waals surface area contributed by atoms with Crippen molar-refractivity contribution in [2.75, 3.05) is 6.54 Å². The smallest absolute Gasteiger partial charge is 0.167 e. The Hall–Kier alpha value is -1.26. The quantitative estimate of drug-likeness (QED) is 0.873. The highest BCUT2D eigenvalue weighted by molar-refractivity contribution is 7.15. The highest BCUT2D eigenvalue weighted by Crippen LogP contribution is 2.30. The Labute approximate surface area is 103 Å². The van der Waals surface area contributed by atoms with Crippen LogP contribution in [0.5, 0.6) is 0 Å². The Kier molecular flexibility index (Phi) is 3.86. The van der Waals surface area contributed by atoms with E-state index in [1.807, 2.05) is 19.1 Å². The van der Waals surface area contributed by atoms with Crippen LogP contribution in [-0.4, -0.2) is 6.54 Å². The fraction of sp³-hybridized carbons (Fsp3) is 0.231. The molecule has 0 aliphatic carbocycles. The molecule has 0 atom stereocenters. The molecule has 1 heterocycles. The van der Waals surface area contributed by atoms with E-state index in [4.69, 9.17) is 0 Å². The van der Waals surface area contributed by atoms with Gasteiger partial charge in [-0.1, -0.05) is 19.1 Å². The van der Waals surface area contributed by atoms with Crippen molar-refractivity contribution in [3.63, 3.8) is 0 Å². The summed E-state index contributed by atoms with van der Waals surface area (Å²) >= 11 is 1.48. The van der Waals surface area contributed by atoms with Gasteiger partial charge in [-0.15, -0.1) is 11.3 Å². The lowest BCUT2D eigenvalue weighted by Gasteiger charge is -2.00. The summed E-state index contributed by atoms with van der Waals surface area (Å²) in [6.07, 6.45) is 0. The summed E-state index contributed by atoms with van der Waals surface area (Å²) in [5, 5.41) is 3.20. The van der Waals surface area contributed by atoms with Crippen LogP contribution in [0.25, 0.3) is 10.4 Å². The van der Waals surface area contributed by atoms with Gasteiger partial charge in [0.1, 0.15) is 0 Å². The molecule has 0 radical (unpaired) electrons. The largest absolute Gasteiger partial charge is 0.312 e. The predicted octanol–water partition coefficient (Wildman–Crippen LogP) is 3.80. The number of nitrogens with one attached hydrogen (secondary N) is 1. The van der Waals surface area contributed by atoms with Gasteiger partial charge in [0.2, 0.25) is 0 Å². The second-order valence-electron chi connectivity index (χ2n) is 3.65. The first-order valence-electron chi connectivity index (χ1n) is 5.46. The van der Waals surface area contributed by atoms with Gasteiger partial charge in [-0.3, -0.25) is 0 Å². The molecule has 0 fully saturated rings. The van der Waals surface area contributed by atoms with E-state index in [2.05, 4.69) is 5.32 Å². The van der Waals surface area contributed by atoms with Crippen LogP contribution in [-0.2, 0) is 6.54 Å². The van der Waals surface area contributed by atoms with Crippen LogP contribution in [0.4, 0.5) is 8.78 Å². The Morgan fingerprint density at radius 3 is 2.76 bits per heavy atom. The van der Waals surface area contributed by atoms with E-state index in [0.717, 1.165) is 28.9 Å². The molecule has 0 aliphatic rings. The molecule has 0 amide bonds. The van der Waals surface area contributed by atoms with Gasteiger partial charge in [0, 0.05) is 21.9 Å². The Bertz CT molecular complexity index is 508. The predicted molar refractivity (Wildman–Crippen MR) is 67.1 cm³/mol. The fourth-order valence-electron chi connectivity index (χ4n) is 1.56. The number of hydrogen-bond acceptors (Lipinski definition) is 2. The fourth-order valence-corrected chi connectivity index (χ4v) is 2.56. The van der Waals surface area contributed by atoms with Gasteiger partial charge in [-0.2, -0.15) is 0 Å². The Morgan fingerprint density at radius 1 is 1.18 bits per heavy atom. The summed E-state index contributed by atoms with van der Waals surface area (Å²) in [6, 6.07) is 8.02. The van der Waals surface area contributed by atoms with E-state index < -0.39 is 11.6 Å². The van der Waals surface area contributed by atoms with E-state index in [1.54, 1.807) is 6.07 Å². The molecule has 2 aromatic rings. The van der Waals surface area contributed by atoms with Crippen LogP contribution >= 0.6 is 11.3 Å². The summed E-state index contributed by atoms with van der Waals surface area (Å²) in [5.74, 6) is -1.58. The minimum Gasteiger partial charge on any atom is -0.312 e. The van der Waals surface area contributed by atoms with E-state index >= 15 is 0 Å². The van der Waals surface area contributed by atoms with Crippen molar-refractivity contribution in [2.24, 2.45) is 0 Å².